The highest BCUT2D eigenvalue weighted by Crippen LogP contribution is 2.27. The second-order valence-corrected chi connectivity index (χ2v) is 4.49. The van der Waals surface area contributed by atoms with Gasteiger partial charge in [0.05, 0.1) is 17.4 Å². The molecule has 1 atom stereocenters. The Morgan fingerprint density at radius 3 is 2.63 bits per heavy atom. The molecule has 1 aromatic heterocycles. The molecule has 102 valence electrons. The van der Waals surface area contributed by atoms with Crippen LogP contribution in [0.2, 0.25) is 0 Å². The second-order valence-electron chi connectivity index (χ2n) is 4.49. The van der Waals surface area contributed by atoms with E-state index in [1.54, 1.807) is 0 Å². The third-order valence-corrected chi connectivity index (χ3v) is 2.87. The Morgan fingerprint density at radius 2 is 1.95 bits per heavy atom. The number of para-hydroxylation sites is 2. The summed E-state index contributed by atoms with van der Waals surface area (Å²) in [6, 6.07) is 8.38. The molecule has 19 heavy (non-hydrogen) atoms. The SMILES string of the molecule is CNC(C)c1nnc(Nc2ccccc2N(C)C)o1. The molecule has 0 saturated heterocycles. The van der Waals surface area contributed by atoms with Crippen molar-refractivity contribution in [2.24, 2.45) is 0 Å². The Bertz CT molecular complexity index is 537. The zero-order chi connectivity index (χ0) is 13.8. The highest BCUT2D eigenvalue weighted by molar-refractivity contribution is 5.72. The molecule has 1 unspecified atom stereocenters. The minimum Gasteiger partial charge on any atom is -0.406 e. The summed E-state index contributed by atoms with van der Waals surface area (Å²) in [5.41, 5.74) is 1.99. The third kappa shape index (κ3) is 3.03. The highest BCUT2D eigenvalue weighted by atomic mass is 16.4. The van der Waals surface area contributed by atoms with Crippen molar-refractivity contribution in [2.45, 2.75) is 13.0 Å². The molecule has 0 radical (unpaired) electrons. The molecular formula is C13H19N5O. The molecule has 0 aliphatic rings. The van der Waals surface area contributed by atoms with Gasteiger partial charge in [0.25, 0.3) is 0 Å². The first-order valence-corrected chi connectivity index (χ1v) is 6.16. The standard InChI is InChI=1S/C13H19N5O/c1-9(14-2)12-16-17-13(19-12)15-10-7-5-6-8-11(10)18(3)4/h5-9,14H,1-4H3,(H,15,17). The zero-order valence-corrected chi connectivity index (χ0v) is 11.6. The Kier molecular flexibility index (Phi) is 4.01. The molecular weight excluding hydrogens is 242 g/mol. The highest BCUT2D eigenvalue weighted by Gasteiger charge is 2.13. The summed E-state index contributed by atoms with van der Waals surface area (Å²) in [6.07, 6.45) is 0. The maximum Gasteiger partial charge on any atom is 0.320 e. The number of hydrogen-bond donors (Lipinski definition) is 2. The molecule has 6 heteroatoms. The maximum absolute atomic E-state index is 5.56. The lowest BCUT2D eigenvalue weighted by Crippen LogP contribution is -2.12. The van der Waals surface area contributed by atoms with Crippen molar-refractivity contribution in [1.82, 2.24) is 15.5 Å². The van der Waals surface area contributed by atoms with Crippen molar-refractivity contribution in [2.75, 3.05) is 31.4 Å². The van der Waals surface area contributed by atoms with Crippen LogP contribution in [0.5, 0.6) is 0 Å². The topological polar surface area (TPSA) is 66.2 Å². The molecule has 1 heterocycles. The predicted molar refractivity (Wildman–Crippen MR) is 75.8 cm³/mol. The number of benzene rings is 1. The van der Waals surface area contributed by atoms with Crippen molar-refractivity contribution < 1.29 is 4.42 Å². The van der Waals surface area contributed by atoms with Crippen LogP contribution in [0.4, 0.5) is 17.4 Å². The van der Waals surface area contributed by atoms with Gasteiger partial charge in [0, 0.05) is 14.1 Å². The summed E-state index contributed by atoms with van der Waals surface area (Å²) < 4.78 is 5.56. The molecule has 2 aromatic rings. The average Bonchev–Trinajstić information content (AvgIpc) is 2.86. The van der Waals surface area contributed by atoms with E-state index in [2.05, 4.69) is 20.8 Å². The van der Waals surface area contributed by atoms with Crippen LogP contribution >= 0.6 is 0 Å². The van der Waals surface area contributed by atoms with E-state index in [-0.39, 0.29) is 6.04 Å². The van der Waals surface area contributed by atoms with Gasteiger partial charge in [-0.3, -0.25) is 0 Å². The van der Waals surface area contributed by atoms with E-state index < -0.39 is 0 Å². The Labute approximate surface area is 112 Å². The molecule has 0 spiro atoms. The molecule has 0 bridgehead atoms. The molecule has 0 aliphatic heterocycles. The Hall–Kier alpha value is -2.08. The maximum atomic E-state index is 5.56. The van der Waals surface area contributed by atoms with Gasteiger partial charge in [0.1, 0.15) is 0 Å². The van der Waals surface area contributed by atoms with Crippen molar-refractivity contribution in [3.05, 3.63) is 30.2 Å². The monoisotopic (exact) mass is 261 g/mol. The minimum absolute atomic E-state index is 0.0344. The van der Waals surface area contributed by atoms with Gasteiger partial charge < -0.3 is 20.0 Å². The van der Waals surface area contributed by atoms with E-state index >= 15 is 0 Å². The molecule has 0 aliphatic carbocycles. The van der Waals surface area contributed by atoms with E-state index in [0.29, 0.717) is 11.9 Å². The third-order valence-electron chi connectivity index (χ3n) is 2.87. The van der Waals surface area contributed by atoms with Crippen LogP contribution in [0, 0.1) is 0 Å². The number of nitrogens with one attached hydrogen (secondary N) is 2. The molecule has 0 saturated carbocycles. The fourth-order valence-electron chi connectivity index (χ4n) is 1.67. The molecule has 0 fully saturated rings. The van der Waals surface area contributed by atoms with Crippen LogP contribution < -0.4 is 15.5 Å². The first-order valence-electron chi connectivity index (χ1n) is 6.16. The molecule has 0 amide bonds. The van der Waals surface area contributed by atoms with Crippen LogP contribution in [-0.4, -0.2) is 31.3 Å². The molecule has 1 aromatic carbocycles. The number of aromatic nitrogens is 2. The summed E-state index contributed by atoms with van der Waals surface area (Å²) in [5.74, 6) is 0.562. The lowest BCUT2D eigenvalue weighted by Gasteiger charge is -2.16. The fourth-order valence-corrected chi connectivity index (χ4v) is 1.67. The Balaban J connectivity index is 2.19. The fraction of sp³-hybridized carbons (Fsp3) is 0.385. The van der Waals surface area contributed by atoms with Gasteiger partial charge >= 0.3 is 6.01 Å². The van der Waals surface area contributed by atoms with Gasteiger partial charge in [-0.05, 0) is 26.1 Å². The van der Waals surface area contributed by atoms with Gasteiger partial charge in [0.2, 0.25) is 5.89 Å². The van der Waals surface area contributed by atoms with E-state index in [4.69, 9.17) is 4.42 Å². The lowest BCUT2D eigenvalue weighted by molar-refractivity contribution is 0.443. The summed E-state index contributed by atoms with van der Waals surface area (Å²) in [6.45, 7) is 1.96. The first-order chi connectivity index (χ1) is 9.11. The molecule has 2 N–H and O–H groups in total. The minimum atomic E-state index is 0.0344. The Morgan fingerprint density at radius 1 is 1.21 bits per heavy atom. The number of anilines is 3. The van der Waals surface area contributed by atoms with E-state index in [1.807, 2.05) is 57.2 Å². The number of nitrogens with zero attached hydrogens (tertiary/aromatic N) is 3. The summed E-state index contributed by atoms with van der Waals surface area (Å²) in [4.78, 5) is 2.02. The normalized spacial score (nSPS) is 12.2. The van der Waals surface area contributed by atoms with Crippen LogP contribution in [0.3, 0.4) is 0 Å². The van der Waals surface area contributed by atoms with Crippen LogP contribution in [-0.2, 0) is 0 Å². The summed E-state index contributed by atoms with van der Waals surface area (Å²) in [5, 5.41) is 14.2. The van der Waals surface area contributed by atoms with E-state index in [0.717, 1.165) is 11.4 Å². The smallest absolute Gasteiger partial charge is 0.320 e. The van der Waals surface area contributed by atoms with Gasteiger partial charge in [-0.1, -0.05) is 17.2 Å². The van der Waals surface area contributed by atoms with Crippen molar-refractivity contribution in [1.29, 1.82) is 0 Å². The van der Waals surface area contributed by atoms with Crippen molar-refractivity contribution in [3.63, 3.8) is 0 Å². The van der Waals surface area contributed by atoms with Gasteiger partial charge in [-0.2, -0.15) is 0 Å². The molecule has 2 rings (SSSR count). The van der Waals surface area contributed by atoms with E-state index in [9.17, 15) is 0 Å². The van der Waals surface area contributed by atoms with Gasteiger partial charge in [-0.25, -0.2) is 0 Å². The largest absolute Gasteiger partial charge is 0.406 e. The van der Waals surface area contributed by atoms with E-state index in [1.165, 1.54) is 0 Å². The van der Waals surface area contributed by atoms with Crippen LogP contribution in [0.15, 0.2) is 28.7 Å². The predicted octanol–water partition coefficient (Wildman–Crippen LogP) is 2.16. The first kappa shape index (κ1) is 13.4. The summed E-state index contributed by atoms with van der Waals surface area (Å²) in [7, 11) is 5.83. The van der Waals surface area contributed by atoms with Crippen LogP contribution in [0.25, 0.3) is 0 Å². The molecule has 6 nitrogen and oxygen atoms in total. The zero-order valence-electron chi connectivity index (χ0n) is 11.6. The van der Waals surface area contributed by atoms with Crippen LogP contribution in [0.1, 0.15) is 18.9 Å². The van der Waals surface area contributed by atoms with Gasteiger partial charge in [0.15, 0.2) is 0 Å². The summed E-state index contributed by atoms with van der Waals surface area (Å²) >= 11 is 0. The number of rotatable bonds is 5. The lowest BCUT2D eigenvalue weighted by atomic mass is 10.2. The second kappa shape index (κ2) is 5.71. The van der Waals surface area contributed by atoms with Crippen molar-refractivity contribution in [3.8, 4) is 0 Å². The average molecular weight is 261 g/mol. The number of hydrogen-bond acceptors (Lipinski definition) is 6. The van der Waals surface area contributed by atoms with Crippen molar-refractivity contribution >= 4 is 17.4 Å². The quantitative estimate of drug-likeness (QED) is 0.859. The van der Waals surface area contributed by atoms with Gasteiger partial charge in [-0.15, -0.1) is 5.10 Å².